The predicted octanol–water partition coefficient (Wildman–Crippen LogP) is 2.77. The van der Waals surface area contributed by atoms with Gasteiger partial charge in [0.2, 0.25) is 17.8 Å². The number of nitrogens with zero attached hydrogens (tertiary/aromatic N) is 4. The summed E-state index contributed by atoms with van der Waals surface area (Å²) in [7, 11) is 0. The van der Waals surface area contributed by atoms with Gasteiger partial charge in [-0.25, -0.2) is 9.37 Å². The second kappa shape index (κ2) is 6.96. The summed E-state index contributed by atoms with van der Waals surface area (Å²) in [5.74, 6) is -0.367. The van der Waals surface area contributed by atoms with Crippen molar-refractivity contribution in [3.63, 3.8) is 0 Å². The van der Waals surface area contributed by atoms with Crippen molar-refractivity contribution < 1.29 is 13.5 Å². The van der Waals surface area contributed by atoms with Crippen molar-refractivity contribution in [2.24, 2.45) is 0 Å². The van der Waals surface area contributed by atoms with E-state index in [1.165, 1.54) is 24.4 Å². The van der Waals surface area contributed by atoms with Crippen molar-refractivity contribution in [1.29, 1.82) is 0 Å². The molecule has 1 saturated heterocycles. The van der Waals surface area contributed by atoms with Crippen molar-refractivity contribution in [3.8, 4) is 11.4 Å². The molecule has 132 valence electrons. The highest BCUT2D eigenvalue weighted by molar-refractivity contribution is 5.61. The number of anilines is 3. The van der Waals surface area contributed by atoms with Crippen LogP contribution in [-0.4, -0.2) is 39.2 Å². The standard InChI is InChI=1S/C17H14F2N6O/c18-13-4-2-1-3-12(13)15-23-16(21-10-5-6-14(19)20-7-10)25-17(24-15)22-11-8-26-9-11/h1-7,11H,8-9H2,(H2,21,22,23,24,25). The number of ether oxygens (including phenoxy) is 1. The zero-order chi connectivity index (χ0) is 17.9. The van der Waals surface area contributed by atoms with Crippen molar-refractivity contribution in [1.82, 2.24) is 19.9 Å². The Bertz CT molecular complexity index is 917. The number of benzene rings is 1. The van der Waals surface area contributed by atoms with E-state index < -0.39 is 11.8 Å². The van der Waals surface area contributed by atoms with E-state index in [1.54, 1.807) is 18.2 Å². The van der Waals surface area contributed by atoms with E-state index in [1.807, 2.05) is 0 Å². The predicted molar refractivity (Wildman–Crippen MR) is 90.9 cm³/mol. The van der Waals surface area contributed by atoms with Crippen LogP contribution in [0.25, 0.3) is 11.4 Å². The van der Waals surface area contributed by atoms with Crippen molar-refractivity contribution >= 4 is 17.6 Å². The third-order valence-corrected chi connectivity index (χ3v) is 3.70. The Labute approximate surface area is 147 Å². The van der Waals surface area contributed by atoms with Gasteiger partial charge in [0.1, 0.15) is 5.82 Å². The molecule has 0 radical (unpaired) electrons. The van der Waals surface area contributed by atoms with E-state index in [0.29, 0.717) is 24.8 Å². The zero-order valence-electron chi connectivity index (χ0n) is 13.5. The number of aromatic nitrogens is 4. The Morgan fingerprint density at radius 1 is 0.962 bits per heavy atom. The Kier molecular flexibility index (Phi) is 4.36. The molecule has 0 spiro atoms. The maximum absolute atomic E-state index is 14.1. The van der Waals surface area contributed by atoms with E-state index >= 15 is 0 Å². The average molecular weight is 356 g/mol. The van der Waals surface area contributed by atoms with Crippen LogP contribution >= 0.6 is 0 Å². The first kappa shape index (κ1) is 16.3. The molecule has 2 aromatic heterocycles. The molecule has 0 aliphatic carbocycles. The number of hydrogen-bond donors (Lipinski definition) is 2. The molecule has 0 amide bonds. The topological polar surface area (TPSA) is 84.9 Å². The maximum atomic E-state index is 14.1. The first-order valence-electron chi connectivity index (χ1n) is 7.91. The van der Waals surface area contributed by atoms with Gasteiger partial charge in [-0.15, -0.1) is 0 Å². The summed E-state index contributed by atoms with van der Waals surface area (Å²) < 4.78 is 32.2. The van der Waals surface area contributed by atoms with E-state index in [0.717, 1.165) is 0 Å². The minimum absolute atomic E-state index is 0.0891. The van der Waals surface area contributed by atoms with Gasteiger partial charge in [-0.3, -0.25) is 0 Å². The van der Waals surface area contributed by atoms with Crippen LogP contribution in [-0.2, 0) is 4.74 Å². The molecule has 4 rings (SSSR count). The minimum Gasteiger partial charge on any atom is -0.377 e. The molecule has 9 heteroatoms. The molecule has 2 N–H and O–H groups in total. The number of halogens is 2. The fourth-order valence-electron chi connectivity index (χ4n) is 2.34. The van der Waals surface area contributed by atoms with Crippen LogP contribution in [0.3, 0.4) is 0 Å². The first-order chi connectivity index (χ1) is 12.7. The van der Waals surface area contributed by atoms with Crippen molar-refractivity contribution in [2.45, 2.75) is 6.04 Å². The lowest BCUT2D eigenvalue weighted by atomic mass is 10.2. The largest absolute Gasteiger partial charge is 0.377 e. The van der Waals surface area contributed by atoms with E-state index in [2.05, 4.69) is 30.6 Å². The van der Waals surface area contributed by atoms with E-state index in [-0.39, 0.29) is 23.4 Å². The van der Waals surface area contributed by atoms with Crippen LogP contribution in [0, 0.1) is 11.8 Å². The van der Waals surface area contributed by atoms with Gasteiger partial charge in [-0.1, -0.05) is 12.1 Å². The summed E-state index contributed by atoms with van der Waals surface area (Å²) in [6, 6.07) is 9.02. The lowest BCUT2D eigenvalue weighted by molar-refractivity contribution is 0.0208. The molecule has 1 aromatic carbocycles. The molecule has 26 heavy (non-hydrogen) atoms. The van der Waals surface area contributed by atoms with Crippen LogP contribution in [0.2, 0.25) is 0 Å². The van der Waals surface area contributed by atoms with Crippen molar-refractivity contribution in [3.05, 3.63) is 54.4 Å². The lowest BCUT2D eigenvalue weighted by Gasteiger charge is -2.26. The molecule has 7 nitrogen and oxygen atoms in total. The van der Waals surface area contributed by atoms with Crippen LogP contribution in [0.1, 0.15) is 0 Å². The Morgan fingerprint density at radius 3 is 2.46 bits per heavy atom. The molecule has 0 atom stereocenters. The van der Waals surface area contributed by atoms with Crippen LogP contribution in [0.5, 0.6) is 0 Å². The smallest absolute Gasteiger partial charge is 0.232 e. The molecule has 1 fully saturated rings. The van der Waals surface area contributed by atoms with Gasteiger partial charge in [-0.2, -0.15) is 19.3 Å². The molecule has 0 saturated carbocycles. The molecular weight excluding hydrogens is 342 g/mol. The molecule has 3 aromatic rings. The highest BCUT2D eigenvalue weighted by atomic mass is 19.1. The summed E-state index contributed by atoms with van der Waals surface area (Å²) in [5, 5.41) is 6.04. The van der Waals surface area contributed by atoms with Gasteiger partial charge in [0.25, 0.3) is 0 Å². The van der Waals surface area contributed by atoms with Gasteiger partial charge >= 0.3 is 0 Å². The highest BCUT2D eigenvalue weighted by Crippen LogP contribution is 2.23. The third-order valence-electron chi connectivity index (χ3n) is 3.70. The number of hydrogen-bond acceptors (Lipinski definition) is 7. The molecule has 1 aliphatic rings. The summed E-state index contributed by atoms with van der Waals surface area (Å²) >= 11 is 0. The van der Waals surface area contributed by atoms with Gasteiger partial charge in [-0.05, 0) is 24.3 Å². The lowest BCUT2D eigenvalue weighted by Crippen LogP contribution is -2.40. The SMILES string of the molecule is Fc1ccc(Nc2nc(NC3COC3)nc(-c3ccccc3F)n2)cn1. The van der Waals surface area contributed by atoms with Crippen LogP contribution in [0.4, 0.5) is 26.4 Å². The minimum atomic E-state index is -0.592. The van der Waals surface area contributed by atoms with Gasteiger partial charge in [0.15, 0.2) is 5.82 Å². The Balaban J connectivity index is 1.69. The highest BCUT2D eigenvalue weighted by Gasteiger charge is 2.20. The summed E-state index contributed by atoms with van der Waals surface area (Å²) in [4.78, 5) is 16.4. The zero-order valence-corrected chi connectivity index (χ0v) is 13.5. The second-order valence-corrected chi connectivity index (χ2v) is 5.66. The molecule has 0 unspecified atom stereocenters. The third kappa shape index (κ3) is 3.57. The molecular formula is C17H14F2N6O. The summed E-state index contributed by atoms with van der Waals surface area (Å²) in [5.41, 5.74) is 0.748. The van der Waals surface area contributed by atoms with E-state index in [9.17, 15) is 8.78 Å². The average Bonchev–Trinajstić information content (AvgIpc) is 2.60. The Hall–Kier alpha value is -3.20. The van der Waals surface area contributed by atoms with Crippen LogP contribution in [0.15, 0.2) is 42.6 Å². The monoisotopic (exact) mass is 356 g/mol. The number of nitrogens with one attached hydrogen (secondary N) is 2. The van der Waals surface area contributed by atoms with Gasteiger partial charge < -0.3 is 15.4 Å². The quantitative estimate of drug-likeness (QED) is 0.680. The normalized spacial score (nSPS) is 13.9. The van der Waals surface area contributed by atoms with E-state index in [4.69, 9.17) is 4.74 Å². The molecule has 0 bridgehead atoms. The van der Waals surface area contributed by atoms with Crippen molar-refractivity contribution in [2.75, 3.05) is 23.8 Å². The molecule has 1 aliphatic heterocycles. The van der Waals surface area contributed by atoms with Gasteiger partial charge in [0.05, 0.1) is 36.7 Å². The maximum Gasteiger partial charge on any atom is 0.232 e. The number of pyridine rings is 1. The van der Waals surface area contributed by atoms with Crippen LogP contribution < -0.4 is 10.6 Å². The Morgan fingerprint density at radius 2 is 1.77 bits per heavy atom. The number of rotatable bonds is 5. The second-order valence-electron chi connectivity index (χ2n) is 5.66. The summed E-state index contributed by atoms with van der Waals surface area (Å²) in [6.45, 7) is 1.09. The summed E-state index contributed by atoms with van der Waals surface area (Å²) in [6.07, 6.45) is 1.31. The molecule has 3 heterocycles. The fraction of sp³-hybridized carbons (Fsp3) is 0.176. The van der Waals surface area contributed by atoms with Gasteiger partial charge in [0, 0.05) is 0 Å². The fourth-order valence-corrected chi connectivity index (χ4v) is 2.34. The first-order valence-corrected chi connectivity index (χ1v) is 7.91.